The Bertz CT molecular complexity index is 1430. The number of nitrogens with one attached hydrogen (secondary N) is 1. The second-order valence-corrected chi connectivity index (χ2v) is 14.2. The third-order valence-corrected chi connectivity index (χ3v) is 9.86. The number of nitrogen functional groups attached to an aromatic ring is 1. The van der Waals surface area contributed by atoms with Crippen LogP contribution in [0.25, 0.3) is 10.4 Å². The van der Waals surface area contributed by atoms with Crippen molar-refractivity contribution in [3.8, 4) is 16.2 Å². The van der Waals surface area contributed by atoms with Gasteiger partial charge in [-0.25, -0.2) is 9.10 Å². The van der Waals surface area contributed by atoms with Crippen molar-refractivity contribution >= 4 is 60.2 Å². The highest BCUT2D eigenvalue weighted by atomic mass is 32.2. The molecule has 1 saturated heterocycles. The normalized spacial score (nSPS) is 17.0. The lowest BCUT2D eigenvalue weighted by molar-refractivity contribution is -0.109. The van der Waals surface area contributed by atoms with Crippen LogP contribution >= 0.6 is 23.3 Å². The highest BCUT2D eigenvalue weighted by Gasteiger charge is 2.35. The molecule has 1 aliphatic heterocycles. The van der Waals surface area contributed by atoms with E-state index < -0.39 is 11.6 Å². The summed E-state index contributed by atoms with van der Waals surface area (Å²) in [7, 11) is 6.76. The van der Waals surface area contributed by atoms with E-state index >= 15 is 0 Å². The summed E-state index contributed by atoms with van der Waals surface area (Å²) in [5.41, 5.74) is 10.3. The molecule has 0 saturated carbocycles. The number of anilines is 2. The van der Waals surface area contributed by atoms with E-state index in [4.69, 9.17) is 23.1 Å². The van der Waals surface area contributed by atoms with E-state index in [0.29, 0.717) is 22.4 Å². The Labute approximate surface area is 259 Å². The number of esters is 1. The van der Waals surface area contributed by atoms with E-state index in [2.05, 4.69) is 29.5 Å². The lowest BCUT2D eigenvalue weighted by atomic mass is 9.85. The van der Waals surface area contributed by atoms with Crippen LogP contribution < -0.4 is 21.3 Å². The van der Waals surface area contributed by atoms with Crippen LogP contribution in [0.1, 0.15) is 68.3 Å². The molecule has 0 amide bonds. The van der Waals surface area contributed by atoms with E-state index in [1.165, 1.54) is 16.9 Å². The van der Waals surface area contributed by atoms with Gasteiger partial charge in [0.25, 0.3) is 0 Å². The number of hydrogen-bond acceptors (Lipinski definition) is 9. The maximum absolute atomic E-state index is 13.1. The van der Waals surface area contributed by atoms with Gasteiger partial charge in [0, 0.05) is 45.7 Å². The van der Waals surface area contributed by atoms with Gasteiger partial charge in [0.2, 0.25) is 0 Å². The van der Waals surface area contributed by atoms with Crippen molar-refractivity contribution < 1.29 is 19.1 Å². The third kappa shape index (κ3) is 7.71. The number of aldehydes is 1. The molecule has 1 fully saturated rings. The van der Waals surface area contributed by atoms with Crippen molar-refractivity contribution in [2.75, 3.05) is 24.2 Å². The predicted molar refractivity (Wildman–Crippen MR) is 176 cm³/mol. The average Bonchev–Trinajstić information content (AvgIpc) is 3.22. The molecule has 3 N–H and O–H groups in total. The standard InChI is InChI=1S/C32H40BN3O4S2/c1-20-27(39-16-15-37)29(30(38)40-31(2,3)4)42-28(20)24-11-8-12-25(26(24)33)35-23-13-14-36(32(5,6)18-23)41-19-21-9-7-10-22(34)17-21/h7-12,15,17,23,35H,13-14,16,18-19,34H2,1-6H3. The summed E-state index contributed by atoms with van der Waals surface area (Å²) in [5, 5.41) is 3.70. The number of nitrogens with two attached hydrogens (primary N) is 1. The highest BCUT2D eigenvalue weighted by Crippen LogP contribution is 2.42. The third-order valence-electron chi connectivity index (χ3n) is 7.12. The van der Waals surface area contributed by atoms with Crippen LogP contribution in [0.5, 0.6) is 5.75 Å². The molecule has 10 heteroatoms. The number of hydrogen-bond donors (Lipinski definition) is 2. The van der Waals surface area contributed by atoms with Crippen molar-refractivity contribution in [1.82, 2.24) is 4.31 Å². The number of carbonyl (C=O) groups excluding carboxylic acids is 2. The summed E-state index contributed by atoms with van der Waals surface area (Å²) >= 11 is 3.12. The smallest absolute Gasteiger partial charge is 0.352 e. The summed E-state index contributed by atoms with van der Waals surface area (Å²) in [6, 6.07) is 14.2. The average molecular weight is 606 g/mol. The van der Waals surface area contributed by atoms with Crippen molar-refractivity contribution in [1.29, 1.82) is 0 Å². The molecule has 0 aliphatic carbocycles. The number of nitrogens with zero attached hydrogens (tertiary/aromatic N) is 1. The van der Waals surface area contributed by atoms with Gasteiger partial charge in [-0.2, -0.15) is 0 Å². The minimum atomic E-state index is -0.669. The molecule has 1 unspecified atom stereocenters. The molecule has 1 atom stereocenters. The molecule has 2 radical (unpaired) electrons. The Morgan fingerprint density at radius 3 is 2.67 bits per heavy atom. The zero-order valence-corrected chi connectivity index (χ0v) is 26.9. The molecule has 0 bridgehead atoms. The molecular formula is C32H40BN3O4S2. The van der Waals surface area contributed by atoms with Gasteiger partial charge in [0.05, 0.1) is 0 Å². The van der Waals surface area contributed by atoms with Gasteiger partial charge in [-0.05, 0) is 83.7 Å². The summed E-state index contributed by atoms with van der Waals surface area (Å²) in [4.78, 5) is 25.3. The van der Waals surface area contributed by atoms with Gasteiger partial charge < -0.3 is 20.5 Å². The molecule has 2 aromatic carbocycles. The molecule has 222 valence electrons. The molecule has 4 rings (SSSR count). The number of piperidine rings is 1. The molecular weight excluding hydrogens is 565 g/mol. The van der Waals surface area contributed by atoms with Crippen LogP contribution in [0.4, 0.5) is 11.4 Å². The van der Waals surface area contributed by atoms with Gasteiger partial charge in [-0.15, -0.1) is 11.3 Å². The monoisotopic (exact) mass is 605 g/mol. The summed E-state index contributed by atoms with van der Waals surface area (Å²) in [6.07, 6.45) is 2.59. The first-order chi connectivity index (χ1) is 19.8. The largest absolute Gasteiger partial charge is 0.484 e. The Morgan fingerprint density at radius 2 is 2.00 bits per heavy atom. The highest BCUT2D eigenvalue weighted by molar-refractivity contribution is 7.96. The topological polar surface area (TPSA) is 93.9 Å². The summed E-state index contributed by atoms with van der Waals surface area (Å²) in [5.74, 6) is 0.753. The van der Waals surface area contributed by atoms with Crippen LogP contribution in [0.15, 0.2) is 42.5 Å². The Kier molecular flexibility index (Phi) is 10.0. The number of thiophene rings is 1. The summed E-state index contributed by atoms with van der Waals surface area (Å²) in [6.45, 7) is 12.7. The predicted octanol–water partition coefficient (Wildman–Crippen LogP) is 6.14. The first-order valence-electron chi connectivity index (χ1n) is 14.1. The van der Waals surface area contributed by atoms with Crippen molar-refractivity contribution in [2.45, 2.75) is 77.3 Å². The molecule has 2 heterocycles. The van der Waals surface area contributed by atoms with Crippen LogP contribution in [-0.4, -0.2) is 54.7 Å². The van der Waals surface area contributed by atoms with Gasteiger partial charge >= 0.3 is 5.97 Å². The first-order valence-corrected chi connectivity index (χ1v) is 15.9. The fourth-order valence-electron chi connectivity index (χ4n) is 5.19. The minimum Gasteiger partial charge on any atom is -0.484 e. The number of rotatable bonds is 10. The quantitative estimate of drug-likeness (QED) is 0.0937. The fraction of sp³-hybridized carbons (Fsp3) is 0.438. The van der Waals surface area contributed by atoms with E-state index in [9.17, 15) is 9.59 Å². The van der Waals surface area contributed by atoms with Gasteiger partial charge in [-0.1, -0.05) is 41.7 Å². The second-order valence-electron chi connectivity index (χ2n) is 12.2. The van der Waals surface area contributed by atoms with Gasteiger partial charge in [-0.3, -0.25) is 4.79 Å². The molecule has 1 aromatic heterocycles. The van der Waals surface area contributed by atoms with Crippen LogP contribution in [-0.2, 0) is 15.3 Å². The first kappa shape index (κ1) is 32.0. The lowest BCUT2D eigenvalue weighted by Gasteiger charge is -2.45. The maximum atomic E-state index is 13.1. The molecule has 1 aliphatic rings. The zero-order valence-electron chi connectivity index (χ0n) is 25.3. The van der Waals surface area contributed by atoms with E-state index in [1.807, 2.05) is 76.0 Å². The maximum Gasteiger partial charge on any atom is 0.352 e. The zero-order chi connectivity index (χ0) is 30.7. The van der Waals surface area contributed by atoms with Crippen molar-refractivity contribution in [3.05, 3.63) is 58.5 Å². The Morgan fingerprint density at radius 1 is 1.26 bits per heavy atom. The molecule has 42 heavy (non-hydrogen) atoms. The van der Waals surface area contributed by atoms with Crippen LogP contribution in [0, 0.1) is 6.92 Å². The van der Waals surface area contributed by atoms with Crippen LogP contribution in [0.2, 0.25) is 0 Å². The van der Waals surface area contributed by atoms with E-state index in [1.54, 1.807) is 0 Å². The molecule has 0 spiro atoms. The lowest BCUT2D eigenvalue weighted by Crippen LogP contribution is -2.50. The van der Waals surface area contributed by atoms with Crippen LogP contribution in [0.3, 0.4) is 0 Å². The Balaban J connectivity index is 1.52. The molecule has 7 nitrogen and oxygen atoms in total. The van der Waals surface area contributed by atoms with Gasteiger partial charge in [0.15, 0.2) is 11.2 Å². The van der Waals surface area contributed by atoms with Crippen molar-refractivity contribution in [3.63, 3.8) is 0 Å². The van der Waals surface area contributed by atoms with E-state index in [0.717, 1.165) is 52.5 Å². The summed E-state index contributed by atoms with van der Waals surface area (Å²) < 4.78 is 13.8. The number of carbonyl (C=O) groups is 2. The minimum absolute atomic E-state index is 0.0231. The number of benzene rings is 2. The Hall–Kier alpha value is -2.95. The fourth-order valence-corrected chi connectivity index (χ4v) is 7.51. The second kappa shape index (κ2) is 13.1. The van der Waals surface area contributed by atoms with Gasteiger partial charge in [0.1, 0.15) is 25.8 Å². The SMILES string of the molecule is [B]c1c(NC2CCN(SCc3cccc(N)c3)C(C)(C)C2)cccc1-c1sc(C(=O)OC(C)(C)C)c(OCC=O)c1C. The molecule has 3 aromatic rings. The van der Waals surface area contributed by atoms with E-state index in [-0.39, 0.29) is 18.2 Å². The van der Waals surface area contributed by atoms with Crippen molar-refractivity contribution in [2.24, 2.45) is 0 Å². The number of ether oxygens (including phenoxy) is 2.